The lowest BCUT2D eigenvalue weighted by Gasteiger charge is -2.23. The Kier molecular flexibility index (Phi) is 4.29. The molecular formula is C13H18F3N3. The van der Waals surface area contributed by atoms with E-state index < -0.39 is 12.7 Å². The molecule has 3 nitrogen and oxygen atoms in total. The number of pyridine rings is 1. The van der Waals surface area contributed by atoms with Gasteiger partial charge in [0.1, 0.15) is 5.82 Å². The van der Waals surface area contributed by atoms with Gasteiger partial charge in [0.15, 0.2) is 0 Å². The van der Waals surface area contributed by atoms with Crippen molar-refractivity contribution >= 4 is 5.82 Å². The molecule has 0 bridgehead atoms. The van der Waals surface area contributed by atoms with E-state index in [1.54, 1.807) is 12.3 Å². The van der Waals surface area contributed by atoms with Gasteiger partial charge in [0.05, 0.1) is 6.54 Å². The molecule has 1 aliphatic carbocycles. The number of rotatable bonds is 6. The molecule has 1 aliphatic rings. The number of nitrogens with zero attached hydrogens (tertiary/aromatic N) is 2. The largest absolute Gasteiger partial charge is 0.401 e. The smallest absolute Gasteiger partial charge is 0.370 e. The number of anilines is 1. The Morgan fingerprint density at radius 3 is 2.74 bits per heavy atom. The van der Waals surface area contributed by atoms with E-state index in [9.17, 15) is 13.2 Å². The van der Waals surface area contributed by atoms with E-state index >= 15 is 0 Å². The maximum absolute atomic E-state index is 12.5. The van der Waals surface area contributed by atoms with Crippen LogP contribution in [0.4, 0.5) is 19.0 Å². The Balaban J connectivity index is 2.02. The zero-order valence-corrected chi connectivity index (χ0v) is 10.9. The number of hydrogen-bond donors (Lipinski definition) is 1. The van der Waals surface area contributed by atoms with Crippen molar-refractivity contribution in [1.82, 2.24) is 9.88 Å². The number of halogens is 3. The average molecular weight is 273 g/mol. The van der Waals surface area contributed by atoms with Gasteiger partial charge in [-0.25, -0.2) is 4.98 Å². The van der Waals surface area contributed by atoms with Gasteiger partial charge in [-0.1, -0.05) is 0 Å². The van der Waals surface area contributed by atoms with Gasteiger partial charge in [-0.15, -0.1) is 0 Å². The molecule has 0 unspecified atom stereocenters. The molecule has 1 fully saturated rings. The minimum absolute atomic E-state index is 0.0809. The summed E-state index contributed by atoms with van der Waals surface area (Å²) < 4.78 is 37.6. The van der Waals surface area contributed by atoms with Crippen molar-refractivity contribution in [1.29, 1.82) is 0 Å². The Hall–Kier alpha value is -1.30. The van der Waals surface area contributed by atoms with Gasteiger partial charge in [-0.3, -0.25) is 4.90 Å². The van der Waals surface area contributed by atoms with Crippen LogP contribution in [0.2, 0.25) is 0 Å². The molecule has 1 aromatic rings. The lowest BCUT2D eigenvalue weighted by atomic mass is 10.2. The summed E-state index contributed by atoms with van der Waals surface area (Å²) in [6, 6.07) is 3.67. The van der Waals surface area contributed by atoms with Crippen molar-refractivity contribution < 1.29 is 13.2 Å². The standard InChI is InChI=1S/C13H18F3N3/c1-2-17-12-7-10(5-6-18-12)8-19(11-3-4-11)9-13(14,15)16/h5-7,11H,2-4,8-9H2,1H3,(H,17,18). The molecule has 1 heterocycles. The van der Waals surface area contributed by atoms with Crippen molar-refractivity contribution in [2.45, 2.75) is 38.5 Å². The summed E-state index contributed by atoms with van der Waals surface area (Å²) in [5, 5.41) is 3.06. The van der Waals surface area contributed by atoms with Gasteiger partial charge >= 0.3 is 6.18 Å². The van der Waals surface area contributed by atoms with Crippen LogP contribution in [0, 0.1) is 0 Å². The molecular weight excluding hydrogens is 255 g/mol. The number of alkyl halides is 3. The molecule has 0 radical (unpaired) electrons. The topological polar surface area (TPSA) is 28.2 Å². The van der Waals surface area contributed by atoms with Crippen LogP contribution in [-0.2, 0) is 6.54 Å². The molecule has 106 valence electrons. The zero-order chi connectivity index (χ0) is 13.9. The summed E-state index contributed by atoms with van der Waals surface area (Å²) in [6.07, 6.45) is -0.783. The predicted octanol–water partition coefficient (Wildman–Crippen LogP) is 3.04. The van der Waals surface area contributed by atoms with Crippen LogP contribution in [0.25, 0.3) is 0 Å². The van der Waals surface area contributed by atoms with Crippen LogP contribution in [-0.4, -0.2) is 35.2 Å². The van der Waals surface area contributed by atoms with E-state index in [1.165, 1.54) is 4.90 Å². The molecule has 1 N–H and O–H groups in total. The van der Waals surface area contributed by atoms with Gasteiger partial charge in [-0.05, 0) is 37.5 Å². The third kappa shape index (κ3) is 4.70. The van der Waals surface area contributed by atoms with Crippen molar-refractivity contribution in [2.75, 3.05) is 18.4 Å². The van der Waals surface area contributed by atoms with E-state index in [0.29, 0.717) is 12.4 Å². The van der Waals surface area contributed by atoms with Gasteiger partial charge in [0, 0.05) is 25.3 Å². The minimum atomic E-state index is -4.14. The highest BCUT2D eigenvalue weighted by molar-refractivity contribution is 5.37. The summed E-state index contributed by atoms with van der Waals surface area (Å²) in [5.41, 5.74) is 0.863. The predicted molar refractivity (Wildman–Crippen MR) is 67.9 cm³/mol. The first-order chi connectivity index (χ1) is 8.98. The summed E-state index contributed by atoms with van der Waals surface area (Å²) in [6.45, 7) is 2.18. The Bertz CT molecular complexity index is 416. The van der Waals surface area contributed by atoms with E-state index in [-0.39, 0.29) is 6.04 Å². The van der Waals surface area contributed by atoms with Gasteiger partial charge < -0.3 is 5.32 Å². The van der Waals surface area contributed by atoms with E-state index in [0.717, 1.165) is 24.9 Å². The zero-order valence-electron chi connectivity index (χ0n) is 10.9. The third-order valence-electron chi connectivity index (χ3n) is 3.01. The van der Waals surface area contributed by atoms with Crippen LogP contribution in [0.15, 0.2) is 18.3 Å². The second-order valence-electron chi connectivity index (χ2n) is 4.83. The first-order valence-electron chi connectivity index (χ1n) is 6.47. The van der Waals surface area contributed by atoms with E-state index in [4.69, 9.17) is 0 Å². The number of nitrogens with one attached hydrogen (secondary N) is 1. The Labute approximate surface area is 110 Å². The molecule has 6 heteroatoms. The fraction of sp³-hybridized carbons (Fsp3) is 0.615. The Morgan fingerprint density at radius 2 is 2.16 bits per heavy atom. The molecule has 0 aliphatic heterocycles. The molecule has 1 aromatic heterocycles. The highest BCUT2D eigenvalue weighted by Crippen LogP contribution is 2.31. The second-order valence-corrected chi connectivity index (χ2v) is 4.83. The fourth-order valence-corrected chi connectivity index (χ4v) is 2.07. The van der Waals surface area contributed by atoms with Gasteiger partial charge in [0.2, 0.25) is 0 Å². The summed E-state index contributed by atoms with van der Waals surface area (Å²) in [5.74, 6) is 0.711. The third-order valence-corrected chi connectivity index (χ3v) is 3.01. The lowest BCUT2D eigenvalue weighted by Crippen LogP contribution is -2.35. The van der Waals surface area contributed by atoms with Crippen LogP contribution < -0.4 is 5.32 Å². The molecule has 1 saturated carbocycles. The minimum Gasteiger partial charge on any atom is -0.370 e. The molecule has 19 heavy (non-hydrogen) atoms. The van der Waals surface area contributed by atoms with Crippen molar-refractivity contribution in [3.8, 4) is 0 Å². The maximum Gasteiger partial charge on any atom is 0.401 e. The average Bonchev–Trinajstić information content (AvgIpc) is 3.11. The first kappa shape index (κ1) is 14.1. The summed E-state index contributed by atoms with van der Waals surface area (Å²) in [4.78, 5) is 5.62. The van der Waals surface area contributed by atoms with Crippen LogP contribution in [0.3, 0.4) is 0 Å². The normalized spacial score (nSPS) is 15.8. The van der Waals surface area contributed by atoms with Gasteiger partial charge in [-0.2, -0.15) is 13.2 Å². The monoisotopic (exact) mass is 273 g/mol. The van der Waals surface area contributed by atoms with Crippen molar-refractivity contribution in [3.63, 3.8) is 0 Å². The van der Waals surface area contributed by atoms with Crippen LogP contribution in [0.5, 0.6) is 0 Å². The number of aromatic nitrogens is 1. The highest BCUT2D eigenvalue weighted by atomic mass is 19.4. The molecule has 0 saturated heterocycles. The molecule has 0 aromatic carbocycles. The van der Waals surface area contributed by atoms with Crippen LogP contribution in [0.1, 0.15) is 25.3 Å². The van der Waals surface area contributed by atoms with Gasteiger partial charge in [0.25, 0.3) is 0 Å². The maximum atomic E-state index is 12.5. The quantitative estimate of drug-likeness (QED) is 0.863. The fourth-order valence-electron chi connectivity index (χ4n) is 2.07. The summed E-state index contributed by atoms with van der Waals surface area (Å²) >= 11 is 0. The molecule has 2 rings (SSSR count). The molecule has 0 amide bonds. The molecule has 0 atom stereocenters. The van der Waals surface area contributed by atoms with Crippen LogP contribution >= 0.6 is 0 Å². The van der Waals surface area contributed by atoms with E-state index in [1.807, 2.05) is 13.0 Å². The Morgan fingerprint density at radius 1 is 1.42 bits per heavy atom. The lowest BCUT2D eigenvalue weighted by molar-refractivity contribution is -0.148. The number of hydrogen-bond acceptors (Lipinski definition) is 3. The van der Waals surface area contributed by atoms with Crippen molar-refractivity contribution in [3.05, 3.63) is 23.9 Å². The second kappa shape index (κ2) is 5.77. The highest BCUT2D eigenvalue weighted by Gasteiger charge is 2.37. The molecule has 0 spiro atoms. The summed E-state index contributed by atoms with van der Waals surface area (Å²) in [7, 11) is 0. The van der Waals surface area contributed by atoms with E-state index in [2.05, 4.69) is 10.3 Å². The SMILES string of the molecule is CCNc1cc(CN(CC(F)(F)F)C2CC2)ccn1. The van der Waals surface area contributed by atoms with Crippen molar-refractivity contribution in [2.24, 2.45) is 0 Å². The first-order valence-corrected chi connectivity index (χ1v) is 6.47.